The molecule has 0 aromatic carbocycles. The van der Waals surface area contributed by atoms with Gasteiger partial charge in [-0.05, 0) is 6.92 Å². The summed E-state index contributed by atoms with van der Waals surface area (Å²) in [5.74, 6) is 1.30. The predicted molar refractivity (Wildman–Crippen MR) is 62.1 cm³/mol. The largest absolute Gasteiger partial charge is 0.346 e. The first kappa shape index (κ1) is 11.6. The van der Waals surface area contributed by atoms with Crippen molar-refractivity contribution in [2.75, 3.05) is 18.1 Å². The summed E-state index contributed by atoms with van der Waals surface area (Å²) in [6.07, 6.45) is 0.834. The summed E-state index contributed by atoms with van der Waals surface area (Å²) in [6, 6.07) is -0.157. The minimum Gasteiger partial charge on any atom is -0.346 e. The quantitative estimate of drug-likeness (QED) is 0.785. The van der Waals surface area contributed by atoms with Crippen LogP contribution in [0.2, 0.25) is 0 Å². The number of aromatic amines is 1. The van der Waals surface area contributed by atoms with Crippen LogP contribution in [0.15, 0.2) is 0 Å². The molecule has 1 saturated heterocycles. The van der Waals surface area contributed by atoms with Gasteiger partial charge >= 0.3 is 0 Å². The Morgan fingerprint density at radius 3 is 2.81 bits per heavy atom. The van der Waals surface area contributed by atoms with E-state index in [0.717, 1.165) is 23.6 Å². The van der Waals surface area contributed by atoms with Gasteiger partial charge in [0.15, 0.2) is 9.84 Å². The molecule has 5 nitrogen and oxygen atoms in total. The molecular formula is C10H17N3O2S. The number of hydrogen-bond acceptors (Lipinski definition) is 4. The average molecular weight is 243 g/mol. The number of aromatic nitrogens is 2. The van der Waals surface area contributed by atoms with E-state index in [1.807, 2.05) is 13.8 Å². The molecule has 6 heteroatoms. The van der Waals surface area contributed by atoms with Gasteiger partial charge in [0.25, 0.3) is 0 Å². The van der Waals surface area contributed by atoms with Crippen molar-refractivity contribution >= 4 is 9.84 Å². The molecule has 0 aliphatic carbocycles. The molecule has 0 radical (unpaired) electrons. The first-order chi connectivity index (χ1) is 7.52. The number of rotatable bonds is 2. The van der Waals surface area contributed by atoms with Crippen molar-refractivity contribution < 1.29 is 8.42 Å². The van der Waals surface area contributed by atoms with Crippen molar-refractivity contribution in [2.45, 2.75) is 26.3 Å². The summed E-state index contributed by atoms with van der Waals surface area (Å²) in [7, 11) is -2.91. The Labute approximate surface area is 95.6 Å². The number of imidazole rings is 1. The van der Waals surface area contributed by atoms with E-state index in [0.29, 0.717) is 6.54 Å². The fourth-order valence-electron chi connectivity index (χ4n) is 2.00. The second-order valence-electron chi connectivity index (χ2n) is 4.17. The molecule has 0 saturated carbocycles. The van der Waals surface area contributed by atoms with E-state index >= 15 is 0 Å². The van der Waals surface area contributed by atoms with E-state index in [1.165, 1.54) is 0 Å². The number of hydrogen-bond donors (Lipinski definition) is 2. The highest BCUT2D eigenvalue weighted by Gasteiger charge is 2.28. The van der Waals surface area contributed by atoms with E-state index in [1.54, 1.807) is 0 Å². The van der Waals surface area contributed by atoms with Gasteiger partial charge in [0.2, 0.25) is 0 Å². The first-order valence-corrected chi connectivity index (χ1v) is 7.33. The topological polar surface area (TPSA) is 74.8 Å². The Hall–Kier alpha value is -0.880. The first-order valence-electron chi connectivity index (χ1n) is 5.51. The lowest BCUT2D eigenvalue weighted by atomic mass is 10.2. The van der Waals surface area contributed by atoms with Gasteiger partial charge in [0.05, 0.1) is 23.2 Å². The third-order valence-electron chi connectivity index (χ3n) is 2.86. The zero-order valence-electron chi connectivity index (χ0n) is 9.58. The number of nitrogens with zero attached hydrogens (tertiary/aromatic N) is 1. The molecule has 2 rings (SSSR count). The summed E-state index contributed by atoms with van der Waals surface area (Å²) < 4.78 is 23.1. The third kappa shape index (κ3) is 2.27. The normalized spacial score (nSPS) is 24.5. The number of sulfone groups is 1. The smallest absolute Gasteiger partial charge is 0.153 e. The van der Waals surface area contributed by atoms with Gasteiger partial charge in [-0.15, -0.1) is 0 Å². The fraction of sp³-hybridized carbons (Fsp3) is 0.700. The van der Waals surface area contributed by atoms with Crippen LogP contribution in [0.5, 0.6) is 0 Å². The Morgan fingerprint density at radius 1 is 1.50 bits per heavy atom. The maximum atomic E-state index is 11.5. The molecule has 1 aromatic heterocycles. The maximum absolute atomic E-state index is 11.5. The fourth-order valence-corrected chi connectivity index (χ4v) is 3.38. The van der Waals surface area contributed by atoms with Crippen LogP contribution >= 0.6 is 0 Å². The molecule has 0 spiro atoms. The second kappa shape index (κ2) is 4.18. The Kier molecular flexibility index (Phi) is 3.03. The van der Waals surface area contributed by atoms with Gasteiger partial charge in [-0.25, -0.2) is 13.4 Å². The molecular weight excluding hydrogens is 226 g/mol. The molecule has 2 heterocycles. The standard InChI is InChI=1S/C10H17N3O2S/c1-3-9-12-7(2)10(13-9)8-6-16(14,15)5-4-11-8/h8,11H,3-6H2,1-2H3,(H,12,13). The van der Waals surface area contributed by atoms with Gasteiger partial charge in [0.1, 0.15) is 5.82 Å². The second-order valence-corrected chi connectivity index (χ2v) is 6.40. The van der Waals surface area contributed by atoms with Crippen LogP contribution in [-0.2, 0) is 16.3 Å². The highest BCUT2D eigenvalue weighted by Crippen LogP contribution is 2.20. The van der Waals surface area contributed by atoms with E-state index in [-0.39, 0.29) is 17.5 Å². The lowest BCUT2D eigenvalue weighted by Crippen LogP contribution is -2.39. The van der Waals surface area contributed by atoms with Crippen LogP contribution in [0.1, 0.15) is 30.2 Å². The number of H-pyrrole nitrogens is 1. The maximum Gasteiger partial charge on any atom is 0.153 e. The number of aryl methyl sites for hydroxylation is 2. The molecule has 0 bridgehead atoms. The lowest BCUT2D eigenvalue weighted by Gasteiger charge is -2.22. The van der Waals surface area contributed by atoms with Gasteiger partial charge in [-0.2, -0.15) is 0 Å². The van der Waals surface area contributed by atoms with E-state index in [2.05, 4.69) is 15.3 Å². The minimum atomic E-state index is -2.91. The van der Waals surface area contributed by atoms with E-state index in [4.69, 9.17) is 0 Å². The molecule has 1 aliphatic rings. The summed E-state index contributed by atoms with van der Waals surface area (Å²) in [5.41, 5.74) is 1.81. The molecule has 1 fully saturated rings. The molecule has 1 aliphatic heterocycles. The van der Waals surface area contributed by atoms with Crippen LogP contribution in [0.25, 0.3) is 0 Å². The Balaban J connectivity index is 2.26. The van der Waals surface area contributed by atoms with Gasteiger partial charge in [-0.3, -0.25) is 0 Å². The third-order valence-corrected chi connectivity index (χ3v) is 4.53. The van der Waals surface area contributed by atoms with Crippen LogP contribution in [-0.4, -0.2) is 36.4 Å². The molecule has 90 valence electrons. The molecule has 0 amide bonds. The van der Waals surface area contributed by atoms with Gasteiger partial charge in [0, 0.05) is 18.7 Å². The van der Waals surface area contributed by atoms with Crippen molar-refractivity contribution in [1.82, 2.24) is 15.3 Å². The van der Waals surface area contributed by atoms with Gasteiger partial charge in [-0.1, -0.05) is 6.92 Å². The van der Waals surface area contributed by atoms with Crippen LogP contribution in [0.3, 0.4) is 0 Å². The molecule has 1 aromatic rings. The SMILES string of the molecule is CCc1nc(C2CS(=O)(=O)CCN2)c(C)[nH]1. The van der Waals surface area contributed by atoms with Crippen molar-refractivity contribution in [3.8, 4) is 0 Å². The van der Waals surface area contributed by atoms with Crippen molar-refractivity contribution in [3.63, 3.8) is 0 Å². The average Bonchev–Trinajstić information content (AvgIpc) is 2.58. The summed E-state index contributed by atoms with van der Waals surface area (Å²) in [6.45, 7) is 4.47. The highest BCUT2D eigenvalue weighted by atomic mass is 32.2. The highest BCUT2D eigenvalue weighted by molar-refractivity contribution is 7.91. The van der Waals surface area contributed by atoms with Gasteiger partial charge < -0.3 is 10.3 Å². The van der Waals surface area contributed by atoms with E-state index in [9.17, 15) is 8.42 Å². The number of nitrogens with one attached hydrogen (secondary N) is 2. The monoisotopic (exact) mass is 243 g/mol. The van der Waals surface area contributed by atoms with Crippen molar-refractivity contribution in [3.05, 3.63) is 17.2 Å². The predicted octanol–water partition coefficient (Wildman–Crippen LogP) is 0.340. The zero-order chi connectivity index (χ0) is 11.8. The molecule has 1 atom stereocenters. The van der Waals surface area contributed by atoms with Crippen LogP contribution in [0.4, 0.5) is 0 Å². The Bertz CT molecular complexity index is 478. The molecule has 16 heavy (non-hydrogen) atoms. The summed E-state index contributed by atoms with van der Waals surface area (Å²) >= 11 is 0. The zero-order valence-corrected chi connectivity index (χ0v) is 10.4. The summed E-state index contributed by atoms with van der Waals surface area (Å²) in [4.78, 5) is 7.61. The van der Waals surface area contributed by atoms with Crippen LogP contribution in [0, 0.1) is 6.92 Å². The minimum absolute atomic E-state index is 0.155. The Morgan fingerprint density at radius 2 is 2.25 bits per heavy atom. The van der Waals surface area contributed by atoms with E-state index < -0.39 is 9.84 Å². The van der Waals surface area contributed by atoms with Crippen molar-refractivity contribution in [1.29, 1.82) is 0 Å². The summed E-state index contributed by atoms with van der Waals surface area (Å²) in [5, 5.41) is 3.21. The van der Waals surface area contributed by atoms with Crippen molar-refractivity contribution in [2.24, 2.45) is 0 Å². The molecule has 2 N–H and O–H groups in total. The molecule has 1 unspecified atom stereocenters. The van der Waals surface area contributed by atoms with Crippen LogP contribution < -0.4 is 5.32 Å². The lowest BCUT2D eigenvalue weighted by molar-refractivity contribution is 0.523.